The Bertz CT molecular complexity index is 370. The molecule has 1 rings (SSSR count). The highest BCUT2D eigenvalue weighted by atomic mass is 35.6. The van der Waals surface area contributed by atoms with Gasteiger partial charge in [-0.1, -0.05) is 47.0 Å². The summed E-state index contributed by atoms with van der Waals surface area (Å²) in [5, 5.41) is 2.15. The Kier molecular flexibility index (Phi) is 4.63. The van der Waals surface area contributed by atoms with Crippen molar-refractivity contribution in [3.63, 3.8) is 0 Å². The fourth-order valence-corrected chi connectivity index (χ4v) is 2.32. The van der Waals surface area contributed by atoms with E-state index in [1.165, 1.54) is 0 Å². The van der Waals surface area contributed by atoms with Crippen LogP contribution in [0.15, 0.2) is 12.2 Å². The van der Waals surface area contributed by atoms with Gasteiger partial charge >= 0.3 is 0 Å². The average molecular weight is 318 g/mol. The van der Waals surface area contributed by atoms with Crippen LogP contribution < -0.4 is 11.1 Å². The first-order valence-corrected chi connectivity index (χ1v) is 6.31. The van der Waals surface area contributed by atoms with Gasteiger partial charge in [-0.3, -0.25) is 9.59 Å². The van der Waals surface area contributed by atoms with Gasteiger partial charge in [-0.2, -0.15) is 12.6 Å². The Hall–Kier alpha value is -0.100. The summed E-state index contributed by atoms with van der Waals surface area (Å²) in [7, 11) is 0. The van der Waals surface area contributed by atoms with Crippen LogP contribution in [0.25, 0.3) is 0 Å². The zero-order valence-corrected chi connectivity index (χ0v) is 11.8. The number of alkyl halides is 3. The van der Waals surface area contributed by atoms with Crippen LogP contribution in [0.1, 0.15) is 12.8 Å². The molecule has 0 saturated carbocycles. The zero-order chi connectivity index (χ0) is 13.3. The molecule has 0 aromatic carbocycles. The van der Waals surface area contributed by atoms with Crippen LogP contribution in [-0.4, -0.2) is 20.5 Å². The van der Waals surface area contributed by atoms with Gasteiger partial charge in [0.25, 0.3) is 3.92 Å². The second kappa shape index (κ2) is 5.26. The minimum atomic E-state index is -1.93. The molecular weight excluding hydrogens is 307 g/mol. The molecule has 2 unspecified atom stereocenters. The molecule has 0 spiro atoms. The lowest BCUT2D eigenvalue weighted by molar-refractivity contribution is -0.131. The highest BCUT2D eigenvalue weighted by Crippen LogP contribution is 2.37. The highest BCUT2D eigenvalue weighted by molar-refractivity contribution is 7.82. The molecule has 4 nitrogen and oxygen atoms in total. The molecule has 2 amide bonds. The summed E-state index contributed by atoms with van der Waals surface area (Å²) in [4.78, 5) is 23.3. The topological polar surface area (TPSA) is 72.2 Å². The van der Waals surface area contributed by atoms with Gasteiger partial charge < -0.3 is 11.1 Å². The lowest BCUT2D eigenvalue weighted by Crippen LogP contribution is -2.55. The van der Waals surface area contributed by atoms with Gasteiger partial charge in [-0.05, 0) is 12.8 Å². The average Bonchev–Trinajstić information content (AvgIpc) is 2.15. The summed E-state index contributed by atoms with van der Waals surface area (Å²) in [6, 6.07) is 0. The summed E-state index contributed by atoms with van der Waals surface area (Å²) >= 11 is 20.7. The Morgan fingerprint density at radius 2 is 2.00 bits per heavy atom. The number of amides is 2. The number of allylic oxidation sites excluding steroid dienone is 2. The van der Waals surface area contributed by atoms with Gasteiger partial charge in [0.05, 0.1) is 5.92 Å². The zero-order valence-electron chi connectivity index (χ0n) is 8.62. The molecule has 0 saturated heterocycles. The number of rotatable bonds is 2. The van der Waals surface area contributed by atoms with E-state index in [-0.39, 0.29) is 6.42 Å². The van der Waals surface area contributed by atoms with Crippen LogP contribution in [0.3, 0.4) is 0 Å². The lowest BCUT2D eigenvalue weighted by Gasteiger charge is -2.35. The maximum absolute atomic E-state index is 12.0. The highest BCUT2D eigenvalue weighted by Gasteiger charge is 2.47. The van der Waals surface area contributed by atoms with E-state index >= 15 is 0 Å². The van der Waals surface area contributed by atoms with E-state index in [0.29, 0.717) is 6.42 Å². The first kappa shape index (κ1) is 15.0. The normalized spacial score (nSPS) is 28.8. The molecule has 1 aliphatic rings. The van der Waals surface area contributed by atoms with Crippen molar-refractivity contribution in [3.8, 4) is 0 Å². The summed E-state index contributed by atoms with van der Waals surface area (Å²) in [5.74, 6) is -1.97. The van der Waals surface area contributed by atoms with E-state index in [4.69, 9.17) is 40.5 Å². The largest absolute Gasteiger partial charge is 0.369 e. The van der Waals surface area contributed by atoms with E-state index in [1.54, 1.807) is 12.2 Å². The quantitative estimate of drug-likeness (QED) is 0.313. The van der Waals surface area contributed by atoms with Crippen LogP contribution in [0.4, 0.5) is 0 Å². The third-order valence-electron chi connectivity index (χ3n) is 2.54. The molecule has 3 N–H and O–H groups in total. The number of carbonyl (C=O) groups excluding carboxylic acids is 2. The van der Waals surface area contributed by atoms with Crippen LogP contribution in [-0.2, 0) is 9.59 Å². The first-order valence-electron chi connectivity index (χ1n) is 4.73. The van der Waals surface area contributed by atoms with Crippen LogP contribution >= 0.6 is 47.4 Å². The molecule has 1 aliphatic carbocycles. The van der Waals surface area contributed by atoms with Gasteiger partial charge in [-0.25, -0.2) is 0 Å². The van der Waals surface area contributed by atoms with E-state index < -0.39 is 26.4 Å². The minimum Gasteiger partial charge on any atom is -0.369 e. The van der Waals surface area contributed by atoms with E-state index in [0.717, 1.165) is 0 Å². The smallest absolute Gasteiger partial charge is 0.267 e. The third-order valence-corrected chi connectivity index (χ3v) is 3.52. The number of carbonyl (C=O) groups is 2. The van der Waals surface area contributed by atoms with Gasteiger partial charge in [0.15, 0.2) is 0 Å². The van der Waals surface area contributed by atoms with Crippen molar-refractivity contribution in [2.75, 3.05) is 0 Å². The minimum absolute atomic E-state index is 0.246. The van der Waals surface area contributed by atoms with Crippen LogP contribution in [0.2, 0.25) is 0 Å². The molecule has 0 aromatic heterocycles. The summed E-state index contributed by atoms with van der Waals surface area (Å²) in [6.45, 7) is 0. The van der Waals surface area contributed by atoms with Gasteiger partial charge in [-0.15, -0.1) is 0 Å². The van der Waals surface area contributed by atoms with E-state index in [2.05, 4.69) is 17.9 Å². The molecule has 0 radical (unpaired) electrons. The van der Waals surface area contributed by atoms with Crippen LogP contribution in [0.5, 0.6) is 0 Å². The molecule has 17 heavy (non-hydrogen) atoms. The molecule has 0 fully saturated rings. The number of hydrogen-bond acceptors (Lipinski definition) is 3. The molecule has 0 heterocycles. The Morgan fingerprint density at radius 1 is 1.41 bits per heavy atom. The standard InChI is InChI=1S/C9H11Cl3N2O2S/c10-9(11,12)14-7(16)8(17)4-2-1-3-5(8)6(13)15/h1-2,5,17H,3-4H2,(H2,13,15)(H,14,16). The first-order chi connectivity index (χ1) is 7.67. The van der Waals surface area contributed by atoms with E-state index in [9.17, 15) is 9.59 Å². The fourth-order valence-electron chi connectivity index (χ4n) is 1.67. The molecule has 0 bridgehead atoms. The van der Waals surface area contributed by atoms with Crippen LogP contribution in [0, 0.1) is 5.92 Å². The number of nitrogens with two attached hydrogens (primary N) is 1. The predicted molar refractivity (Wildman–Crippen MR) is 71.2 cm³/mol. The molecule has 8 heteroatoms. The molecule has 2 atom stereocenters. The Balaban J connectivity index is 2.94. The fraction of sp³-hybridized carbons (Fsp3) is 0.556. The number of halogens is 3. The predicted octanol–water partition coefficient (Wildman–Crippen LogP) is 1.55. The Labute approximate surface area is 119 Å². The van der Waals surface area contributed by atoms with E-state index in [1.807, 2.05) is 0 Å². The summed E-state index contributed by atoms with van der Waals surface area (Å²) < 4.78 is -3.22. The number of nitrogens with one attached hydrogen (secondary N) is 1. The molecule has 0 aliphatic heterocycles. The van der Waals surface area contributed by atoms with Gasteiger partial charge in [0, 0.05) is 0 Å². The summed E-state index contributed by atoms with van der Waals surface area (Å²) in [5.41, 5.74) is 5.24. The summed E-state index contributed by atoms with van der Waals surface area (Å²) in [6.07, 6.45) is 4.10. The molecular formula is C9H11Cl3N2O2S. The SMILES string of the molecule is NC(=O)C1CC=CCC1(S)C(=O)NC(Cl)(Cl)Cl. The number of primary amides is 1. The van der Waals surface area contributed by atoms with Crippen molar-refractivity contribution < 1.29 is 9.59 Å². The maximum atomic E-state index is 12.0. The van der Waals surface area contributed by atoms with Crippen molar-refractivity contribution in [2.24, 2.45) is 11.7 Å². The Morgan fingerprint density at radius 3 is 2.47 bits per heavy atom. The number of thiol groups is 1. The van der Waals surface area contributed by atoms with Crippen molar-refractivity contribution in [1.29, 1.82) is 0 Å². The van der Waals surface area contributed by atoms with Crippen molar-refractivity contribution in [3.05, 3.63) is 12.2 Å². The lowest BCUT2D eigenvalue weighted by atomic mass is 9.81. The molecule has 0 aromatic rings. The maximum Gasteiger partial charge on any atom is 0.267 e. The van der Waals surface area contributed by atoms with Gasteiger partial charge in [0.1, 0.15) is 4.75 Å². The van der Waals surface area contributed by atoms with Gasteiger partial charge in [0.2, 0.25) is 11.8 Å². The second-order valence-corrected chi connectivity index (χ2v) is 6.82. The van der Waals surface area contributed by atoms with Crippen molar-refractivity contribution in [1.82, 2.24) is 5.32 Å². The monoisotopic (exact) mass is 316 g/mol. The van der Waals surface area contributed by atoms with Crippen molar-refractivity contribution >= 4 is 59.2 Å². The van der Waals surface area contributed by atoms with Crippen molar-refractivity contribution in [2.45, 2.75) is 21.5 Å². The second-order valence-electron chi connectivity index (χ2n) is 3.74. The third kappa shape index (κ3) is 3.68. The number of hydrogen-bond donors (Lipinski definition) is 3. The molecule has 96 valence electrons.